The first kappa shape index (κ1) is 22.7. The van der Waals surface area contributed by atoms with Crippen LogP contribution in [0.2, 0.25) is 0 Å². The summed E-state index contributed by atoms with van der Waals surface area (Å²) in [5.74, 6) is 1.61. The van der Waals surface area contributed by atoms with E-state index >= 15 is 0 Å². The van der Waals surface area contributed by atoms with Crippen LogP contribution in [0.3, 0.4) is 0 Å². The number of aromatic nitrogens is 1. The van der Waals surface area contributed by atoms with E-state index < -0.39 is 11.2 Å². The van der Waals surface area contributed by atoms with Gasteiger partial charge in [0.15, 0.2) is 4.90 Å². The largest absolute Gasteiger partial charge is 0.612 e. The lowest BCUT2D eigenvalue weighted by Gasteiger charge is -2.38. The monoisotopic (exact) mass is 449 g/mol. The fraction of sp³-hybridized carbons (Fsp3) is 0.739. The molecule has 7 nitrogen and oxygen atoms in total. The molecule has 3 fully saturated rings. The molecule has 1 unspecified atom stereocenters. The lowest BCUT2D eigenvalue weighted by atomic mass is 9.71. The van der Waals surface area contributed by atoms with Crippen molar-refractivity contribution in [1.82, 2.24) is 9.88 Å². The second-order valence-electron chi connectivity index (χ2n) is 9.97. The molecule has 1 aliphatic heterocycles. The van der Waals surface area contributed by atoms with Gasteiger partial charge in [0.1, 0.15) is 6.26 Å². The first-order chi connectivity index (χ1) is 14.8. The highest BCUT2D eigenvalue weighted by Crippen LogP contribution is 2.51. The predicted octanol–water partition coefficient (Wildman–Crippen LogP) is 3.34. The van der Waals surface area contributed by atoms with Crippen LogP contribution in [0, 0.1) is 17.3 Å². The number of rotatable bonds is 8. The number of nitrogens with zero attached hydrogens (tertiary/aromatic N) is 2. The summed E-state index contributed by atoms with van der Waals surface area (Å²) in [4.78, 5) is 19.1. The Morgan fingerprint density at radius 3 is 2.68 bits per heavy atom. The molecule has 0 radical (unpaired) electrons. The highest BCUT2D eigenvalue weighted by molar-refractivity contribution is 7.90. The van der Waals surface area contributed by atoms with E-state index in [4.69, 9.17) is 15.2 Å². The average molecular weight is 450 g/mol. The van der Waals surface area contributed by atoms with Gasteiger partial charge in [0.05, 0.1) is 19.4 Å². The third kappa shape index (κ3) is 5.46. The number of pyridine rings is 1. The van der Waals surface area contributed by atoms with Crippen molar-refractivity contribution in [2.75, 3.05) is 32.6 Å². The molecule has 2 heterocycles. The van der Waals surface area contributed by atoms with Crippen LogP contribution < -0.4 is 10.5 Å². The molecule has 8 heteroatoms. The number of likely N-dealkylation sites (tertiary alicyclic amines) is 1. The second kappa shape index (κ2) is 9.16. The van der Waals surface area contributed by atoms with Crippen LogP contribution in [0.5, 0.6) is 5.88 Å². The van der Waals surface area contributed by atoms with Crippen molar-refractivity contribution in [3.05, 3.63) is 18.3 Å². The zero-order valence-corrected chi connectivity index (χ0v) is 19.5. The normalized spacial score (nSPS) is 28.5. The Bertz CT molecular complexity index is 763. The summed E-state index contributed by atoms with van der Waals surface area (Å²) >= 11 is -1.03. The molecule has 1 aromatic heterocycles. The van der Waals surface area contributed by atoms with Crippen molar-refractivity contribution in [1.29, 1.82) is 0 Å². The molecule has 2 saturated carbocycles. The van der Waals surface area contributed by atoms with Gasteiger partial charge in [-0.2, -0.15) is 0 Å². The molecule has 1 saturated heterocycles. The van der Waals surface area contributed by atoms with Crippen LogP contribution >= 0.6 is 0 Å². The number of carbonyl (C=O) groups excluding carboxylic acids is 1. The summed E-state index contributed by atoms with van der Waals surface area (Å²) in [7, 11) is 0. The van der Waals surface area contributed by atoms with Crippen molar-refractivity contribution in [3.63, 3.8) is 0 Å². The van der Waals surface area contributed by atoms with Crippen molar-refractivity contribution < 1.29 is 18.8 Å². The van der Waals surface area contributed by atoms with Crippen molar-refractivity contribution in [3.8, 4) is 5.88 Å². The maximum Gasteiger partial charge on any atom is 0.409 e. The molecule has 3 atom stereocenters. The summed E-state index contributed by atoms with van der Waals surface area (Å²) in [5, 5.41) is 0. The Balaban J connectivity index is 1.15. The molecule has 1 amide bonds. The molecule has 0 aromatic carbocycles. The predicted molar refractivity (Wildman–Crippen MR) is 119 cm³/mol. The van der Waals surface area contributed by atoms with Crippen LogP contribution in [0.25, 0.3) is 0 Å². The molecule has 0 bridgehead atoms. The van der Waals surface area contributed by atoms with Gasteiger partial charge in [0, 0.05) is 36.2 Å². The molecule has 2 N–H and O–H groups in total. The Hall–Kier alpha value is -1.51. The smallest absolute Gasteiger partial charge is 0.409 e. The first-order valence-electron chi connectivity index (χ1n) is 11.4. The van der Waals surface area contributed by atoms with E-state index in [1.807, 2.05) is 4.90 Å². The quantitative estimate of drug-likeness (QED) is 0.611. The van der Waals surface area contributed by atoms with Gasteiger partial charge in [-0.25, -0.2) is 9.78 Å². The number of hydrogen-bond donors (Lipinski definition) is 1. The van der Waals surface area contributed by atoms with Crippen LogP contribution in [0.15, 0.2) is 23.2 Å². The fourth-order valence-corrected chi connectivity index (χ4v) is 5.44. The zero-order chi connectivity index (χ0) is 22.1. The minimum Gasteiger partial charge on any atom is -0.612 e. The Morgan fingerprint density at radius 2 is 2.10 bits per heavy atom. The lowest BCUT2D eigenvalue weighted by Crippen LogP contribution is -2.42. The number of ether oxygens (including phenoxy) is 2. The average Bonchev–Trinajstić information content (AvgIpc) is 3.42. The molecule has 31 heavy (non-hydrogen) atoms. The zero-order valence-electron chi connectivity index (χ0n) is 18.7. The van der Waals surface area contributed by atoms with Crippen molar-refractivity contribution >= 4 is 17.3 Å². The Kier molecular flexibility index (Phi) is 6.70. The summed E-state index contributed by atoms with van der Waals surface area (Å²) < 4.78 is 22.8. The summed E-state index contributed by atoms with van der Waals surface area (Å²) in [6, 6.07) is 3.53. The maximum absolute atomic E-state index is 12.4. The molecule has 3 aliphatic rings. The van der Waals surface area contributed by atoms with E-state index in [9.17, 15) is 9.35 Å². The number of amides is 1. The highest BCUT2D eigenvalue weighted by Gasteiger charge is 2.54. The van der Waals surface area contributed by atoms with Gasteiger partial charge < -0.3 is 24.7 Å². The van der Waals surface area contributed by atoms with E-state index in [0.29, 0.717) is 35.8 Å². The van der Waals surface area contributed by atoms with Gasteiger partial charge in [0.2, 0.25) is 5.88 Å². The van der Waals surface area contributed by atoms with Crippen LogP contribution in [-0.4, -0.2) is 58.6 Å². The van der Waals surface area contributed by atoms with Crippen LogP contribution in [0.4, 0.5) is 4.79 Å². The molecule has 0 spiro atoms. The van der Waals surface area contributed by atoms with Gasteiger partial charge in [-0.15, -0.1) is 0 Å². The van der Waals surface area contributed by atoms with Gasteiger partial charge >= 0.3 is 6.09 Å². The topological polar surface area (TPSA) is 101 Å². The summed E-state index contributed by atoms with van der Waals surface area (Å²) in [6.45, 7) is 4.80. The van der Waals surface area contributed by atoms with Crippen molar-refractivity contribution in [2.45, 2.75) is 62.3 Å². The number of nitrogens with two attached hydrogens (primary N) is 1. The Morgan fingerprint density at radius 1 is 1.35 bits per heavy atom. The van der Waals surface area contributed by atoms with E-state index in [2.05, 4.69) is 11.9 Å². The lowest BCUT2D eigenvalue weighted by molar-refractivity contribution is 0.0187. The fourth-order valence-electron chi connectivity index (χ4n) is 4.98. The maximum atomic E-state index is 12.4. The van der Waals surface area contributed by atoms with Crippen molar-refractivity contribution in [2.24, 2.45) is 23.0 Å². The first-order valence-corrected chi connectivity index (χ1v) is 13.0. The Labute approximate surface area is 188 Å². The molecule has 2 aliphatic carbocycles. The van der Waals surface area contributed by atoms with Gasteiger partial charge in [-0.3, -0.25) is 0 Å². The van der Waals surface area contributed by atoms with E-state index in [1.54, 1.807) is 24.6 Å². The van der Waals surface area contributed by atoms with Crippen LogP contribution in [0.1, 0.15) is 51.9 Å². The van der Waals surface area contributed by atoms with E-state index in [-0.39, 0.29) is 17.0 Å². The van der Waals surface area contributed by atoms with E-state index in [1.165, 1.54) is 6.42 Å². The number of piperidine rings is 1. The molecule has 4 rings (SSSR count). The SMILES string of the molecule is C[S+]([O-])c1ccc(OCC[C@]2(N)C[C@@H]2C2CCN(C(=O)OCC3(C)CCC3)CC2)nc1. The van der Waals surface area contributed by atoms with Gasteiger partial charge in [-0.1, -0.05) is 13.3 Å². The molecular weight excluding hydrogens is 414 g/mol. The standard InChI is InChI=1S/C23H35N3O4S/c1-22(8-3-9-22)16-30-21(27)26-11-6-17(7-12-26)19-14-23(19,24)10-13-29-20-5-4-18(15-25-20)31(2)28/h4-5,15,17,19H,3,6-14,16,24H2,1-2H3/t19-,23+,31?/m1/s1. The second-order valence-corrected chi connectivity index (χ2v) is 11.4. The minimum absolute atomic E-state index is 0.153. The van der Waals surface area contributed by atoms with Crippen LogP contribution in [-0.2, 0) is 15.9 Å². The number of carbonyl (C=O) groups is 1. The van der Waals surface area contributed by atoms with Gasteiger partial charge in [0.25, 0.3) is 0 Å². The molecular formula is C23H35N3O4S. The highest BCUT2D eigenvalue weighted by atomic mass is 32.2. The van der Waals surface area contributed by atoms with E-state index in [0.717, 1.165) is 51.6 Å². The molecule has 1 aromatic rings. The van der Waals surface area contributed by atoms with Gasteiger partial charge in [-0.05, 0) is 61.5 Å². The number of hydrogen-bond acceptors (Lipinski definition) is 6. The third-order valence-electron chi connectivity index (χ3n) is 7.51. The summed E-state index contributed by atoms with van der Waals surface area (Å²) in [5.41, 5.74) is 6.65. The third-order valence-corrected chi connectivity index (χ3v) is 8.41. The minimum atomic E-state index is -1.03. The molecule has 172 valence electrons. The summed E-state index contributed by atoms with van der Waals surface area (Å²) in [6.07, 6.45) is 10.4.